The first-order valence-electron chi connectivity index (χ1n) is 9.72. The predicted molar refractivity (Wildman–Crippen MR) is 109 cm³/mol. The quantitative estimate of drug-likeness (QED) is 0.640. The third-order valence-electron chi connectivity index (χ3n) is 5.62. The Morgan fingerprint density at radius 1 is 1.25 bits per heavy atom. The number of ether oxygens (including phenoxy) is 2. The van der Waals surface area contributed by atoms with E-state index in [9.17, 15) is 9.90 Å². The number of aliphatic carboxylic acids is 1. The smallest absolute Gasteiger partial charge is 0.306 e. The van der Waals surface area contributed by atoms with Crippen molar-refractivity contribution in [1.29, 1.82) is 0 Å². The number of aromatic nitrogens is 1. The molecule has 0 radical (unpaired) electrons. The number of carboxylic acid groups (broad SMARTS) is 1. The van der Waals surface area contributed by atoms with E-state index >= 15 is 0 Å². The van der Waals surface area contributed by atoms with Crippen LogP contribution in [0.3, 0.4) is 0 Å². The molecule has 146 valence electrons. The lowest BCUT2D eigenvalue weighted by Crippen LogP contribution is -2.37. The van der Waals surface area contributed by atoms with Gasteiger partial charge in [0.05, 0.1) is 31.3 Å². The van der Waals surface area contributed by atoms with Gasteiger partial charge in [0, 0.05) is 10.9 Å². The van der Waals surface area contributed by atoms with Gasteiger partial charge < -0.3 is 19.6 Å². The predicted octanol–water partition coefficient (Wildman–Crippen LogP) is 4.89. The average Bonchev–Trinajstić information content (AvgIpc) is 3.08. The van der Waals surface area contributed by atoms with E-state index in [2.05, 4.69) is 30.1 Å². The van der Waals surface area contributed by atoms with Crippen molar-refractivity contribution in [3.63, 3.8) is 0 Å². The second kappa shape index (κ2) is 7.32. The number of hydrogen-bond donors (Lipinski definition) is 2. The molecule has 0 aliphatic carbocycles. The van der Waals surface area contributed by atoms with Crippen molar-refractivity contribution in [2.45, 2.75) is 38.2 Å². The first-order chi connectivity index (χ1) is 13.6. The van der Waals surface area contributed by atoms with Crippen LogP contribution in [0.15, 0.2) is 42.5 Å². The molecular weight excluding hydrogens is 354 g/mol. The van der Waals surface area contributed by atoms with Crippen LogP contribution in [0.5, 0.6) is 5.75 Å². The number of rotatable bonds is 6. The van der Waals surface area contributed by atoms with Crippen LogP contribution in [0.25, 0.3) is 22.0 Å². The Labute approximate surface area is 164 Å². The van der Waals surface area contributed by atoms with Crippen LogP contribution in [0.1, 0.15) is 37.4 Å². The van der Waals surface area contributed by atoms with Crippen molar-refractivity contribution in [1.82, 2.24) is 4.98 Å². The first kappa shape index (κ1) is 18.6. The Morgan fingerprint density at radius 3 is 2.71 bits per heavy atom. The molecule has 4 rings (SSSR count). The minimum absolute atomic E-state index is 0.0292. The molecule has 1 unspecified atom stereocenters. The summed E-state index contributed by atoms with van der Waals surface area (Å²) >= 11 is 0. The van der Waals surface area contributed by atoms with E-state index in [0.29, 0.717) is 13.0 Å². The minimum Gasteiger partial charge on any atom is -0.497 e. The Morgan fingerprint density at radius 2 is 2.04 bits per heavy atom. The summed E-state index contributed by atoms with van der Waals surface area (Å²) < 4.78 is 11.4. The Hall–Kier alpha value is -2.79. The van der Waals surface area contributed by atoms with Crippen LogP contribution in [0.4, 0.5) is 0 Å². The summed E-state index contributed by atoms with van der Waals surface area (Å²) in [6, 6.07) is 14.2. The number of H-pyrrole nitrogens is 1. The van der Waals surface area contributed by atoms with Crippen LogP contribution >= 0.6 is 0 Å². The highest BCUT2D eigenvalue weighted by Crippen LogP contribution is 2.44. The van der Waals surface area contributed by atoms with Crippen molar-refractivity contribution >= 4 is 16.9 Å². The molecule has 1 aromatic heterocycles. The summed E-state index contributed by atoms with van der Waals surface area (Å²) in [4.78, 5) is 15.2. The van der Waals surface area contributed by atoms with Gasteiger partial charge in [0.2, 0.25) is 0 Å². The van der Waals surface area contributed by atoms with Gasteiger partial charge in [0.15, 0.2) is 0 Å². The number of carboxylic acids is 1. The maximum atomic E-state index is 11.6. The zero-order valence-corrected chi connectivity index (χ0v) is 16.2. The maximum absolute atomic E-state index is 11.6. The van der Waals surface area contributed by atoms with Crippen LogP contribution in [-0.4, -0.2) is 29.8 Å². The molecule has 2 heterocycles. The molecule has 0 saturated heterocycles. The summed E-state index contributed by atoms with van der Waals surface area (Å²) in [5.74, 6) is -0.0196. The number of methoxy groups -OCH3 is 1. The molecule has 28 heavy (non-hydrogen) atoms. The number of hydrogen-bond acceptors (Lipinski definition) is 3. The first-order valence-corrected chi connectivity index (χ1v) is 9.72. The molecule has 1 atom stereocenters. The second-order valence-electron chi connectivity index (χ2n) is 7.35. The summed E-state index contributed by atoms with van der Waals surface area (Å²) in [7, 11) is 1.66. The van der Waals surface area contributed by atoms with E-state index in [-0.39, 0.29) is 6.42 Å². The summed E-state index contributed by atoms with van der Waals surface area (Å²) in [6.45, 7) is 2.60. The lowest BCUT2D eigenvalue weighted by atomic mass is 9.85. The topological polar surface area (TPSA) is 71.5 Å². The average molecular weight is 379 g/mol. The van der Waals surface area contributed by atoms with Gasteiger partial charge in [-0.05, 0) is 36.1 Å². The molecule has 0 saturated carbocycles. The lowest BCUT2D eigenvalue weighted by Gasteiger charge is -2.36. The number of para-hydroxylation sites is 1. The fraction of sp³-hybridized carbons (Fsp3) is 0.348. The van der Waals surface area contributed by atoms with E-state index in [1.165, 1.54) is 5.56 Å². The maximum Gasteiger partial charge on any atom is 0.306 e. The molecule has 0 bridgehead atoms. The van der Waals surface area contributed by atoms with Crippen LogP contribution in [0.2, 0.25) is 0 Å². The zero-order chi connectivity index (χ0) is 19.7. The standard InChI is InChI=1S/C23H25NO4/c1-3-12-23(14-20(25)26)22-19(11-13-28-23)18-6-4-5-17(21(18)24-22)15-7-9-16(27-2)10-8-15/h4-10,24H,3,11-14H2,1-2H3,(H,25,26). The third-order valence-corrected chi connectivity index (χ3v) is 5.62. The largest absolute Gasteiger partial charge is 0.497 e. The molecule has 0 amide bonds. The van der Waals surface area contributed by atoms with Gasteiger partial charge in [0.1, 0.15) is 11.4 Å². The van der Waals surface area contributed by atoms with E-state index in [1.807, 2.05) is 24.3 Å². The lowest BCUT2D eigenvalue weighted by molar-refractivity contribution is -0.149. The van der Waals surface area contributed by atoms with Crippen molar-refractivity contribution < 1.29 is 19.4 Å². The number of fused-ring (bicyclic) bond motifs is 3. The molecule has 0 spiro atoms. The Bertz CT molecular complexity index is 1010. The molecule has 5 nitrogen and oxygen atoms in total. The van der Waals surface area contributed by atoms with Gasteiger partial charge in [-0.25, -0.2) is 0 Å². The van der Waals surface area contributed by atoms with Crippen molar-refractivity contribution in [2.24, 2.45) is 0 Å². The van der Waals surface area contributed by atoms with Crippen LogP contribution in [0, 0.1) is 0 Å². The highest BCUT2D eigenvalue weighted by Gasteiger charge is 2.41. The molecule has 1 aliphatic heterocycles. The number of benzene rings is 2. The van der Waals surface area contributed by atoms with Crippen molar-refractivity contribution in [2.75, 3.05) is 13.7 Å². The zero-order valence-electron chi connectivity index (χ0n) is 16.2. The molecule has 5 heteroatoms. The number of aromatic amines is 1. The fourth-order valence-electron chi connectivity index (χ4n) is 4.43. The van der Waals surface area contributed by atoms with Gasteiger partial charge in [-0.1, -0.05) is 43.7 Å². The van der Waals surface area contributed by atoms with E-state index in [1.54, 1.807) is 7.11 Å². The third kappa shape index (κ3) is 3.06. The normalized spacial score (nSPS) is 18.8. The monoisotopic (exact) mass is 379 g/mol. The van der Waals surface area contributed by atoms with Crippen LogP contribution in [-0.2, 0) is 21.6 Å². The minimum atomic E-state index is -0.838. The van der Waals surface area contributed by atoms with Gasteiger partial charge in [0.25, 0.3) is 0 Å². The van der Waals surface area contributed by atoms with Crippen molar-refractivity contribution in [3.05, 3.63) is 53.7 Å². The fourth-order valence-corrected chi connectivity index (χ4v) is 4.43. The van der Waals surface area contributed by atoms with Crippen molar-refractivity contribution in [3.8, 4) is 16.9 Å². The number of nitrogens with one attached hydrogen (secondary N) is 1. The number of carbonyl (C=O) groups is 1. The van der Waals surface area contributed by atoms with Gasteiger partial charge in [-0.3, -0.25) is 4.79 Å². The van der Waals surface area contributed by atoms with E-state index in [0.717, 1.165) is 46.3 Å². The molecular formula is C23H25NO4. The highest BCUT2D eigenvalue weighted by molar-refractivity contribution is 5.97. The van der Waals surface area contributed by atoms with E-state index < -0.39 is 11.6 Å². The summed E-state index contributed by atoms with van der Waals surface area (Å²) in [5, 5.41) is 10.7. The Kier molecular flexibility index (Phi) is 4.85. The van der Waals surface area contributed by atoms with Gasteiger partial charge in [-0.15, -0.1) is 0 Å². The SMILES string of the molecule is CCCC1(CC(=O)O)OCCc2c1[nH]c1c(-c3ccc(OC)cc3)cccc21. The highest BCUT2D eigenvalue weighted by atomic mass is 16.5. The summed E-state index contributed by atoms with van der Waals surface area (Å²) in [5.41, 5.74) is 4.55. The molecule has 2 aromatic carbocycles. The van der Waals surface area contributed by atoms with E-state index in [4.69, 9.17) is 9.47 Å². The Balaban J connectivity index is 1.90. The molecule has 0 fully saturated rings. The molecule has 2 N–H and O–H groups in total. The summed E-state index contributed by atoms with van der Waals surface area (Å²) in [6.07, 6.45) is 2.29. The van der Waals surface area contributed by atoms with Crippen LogP contribution < -0.4 is 4.74 Å². The van der Waals surface area contributed by atoms with Gasteiger partial charge in [-0.2, -0.15) is 0 Å². The second-order valence-corrected chi connectivity index (χ2v) is 7.35. The van der Waals surface area contributed by atoms with Gasteiger partial charge >= 0.3 is 5.97 Å². The molecule has 3 aromatic rings. The molecule has 1 aliphatic rings.